The molecule has 0 aromatic heterocycles. The Morgan fingerprint density at radius 3 is 2.24 bits per heavy atom. The standard InChI is InChI=1S/C13H20O4/c1-9(7-14)11-6-5-10(8-15-2)12(16-3)13(11)17-4/h5-6,9,14H,7-8H2,1-4H3. The zero-order valence-electron chi connectivity index (χ0n) is 10.8. The van der Waals surface area contributed by atoms with Crippen molar-refractivity contribution in [3.63, 3.8) is 0 Å². The van der Waals surface area contributed by atoms with E-state index in [4.69, 9.17) is 14.2 Å². The molecular formula is C13H20O4. The number of hydrogen-bond donors (Lipinski definition) is 1. The molecule has 0 heterocycles. The van der Waals surface area contributed by atoms with Crippen LogP contribution in [0.4, 0.5) is 0 Å². The molecule has 0 saturated carbocycles. The monoisotopic (exact) mass is 240 g/mol. The van der Waals surface area contributed by atoms with Gasteiger partial charge in [0.2, 0.25) is 0 Å². The van der Waals surface area contributed by atoms with Crippen LogP contribution in [0.5, 0.6) is 11.5 Å². The van der Waals surface area contributed by atoms with Gasteiger partial charge in [-0.05, 0) is 0 Å². The first-order valence-electron chi connectivity index (χ1n) is 5.53. The van der Waals surface area contributed by atoms with E-state index in [0.29, 0.717) is 18.1 Å². The molecule has 0 spiro atoms. The molecule has 1 unspecified atom stereocenters. The maximum atomic E-state index is 9.22. The number of benzene rings is 1. The number of aliphatic hydroxyl groups is 1. The third kappa shape index (κ3) is 2.90. The Morgan fingerprint density at radius 2 is 1.76 bits per heavy atom. The van der Waals surface area contributed by atoms with Gasteiger partial charge >= 0.3 is 0 Å². The summed E-state index contributed by atoms with van der Waals surface area (Å²) in [7, 11) is 4.84. The first kappa shape index (κ1) is 13.8. The van der Waals surface area contributed by atoms with Crippen LogP contribution >= 0.6 is 0 Å². The number of aliphatic hydroxyl groups excluding tert-OH is 1. The minimum absolute atomic E-state index is 0.00967. The van der Waals surface area contributed by atoms with Crippen molar-refractivity contribution in [2.24, 2.45) is 0 Å². The van der Waals surface area contributed by atoms with Gasteiger partial charge in [0, 0.05) is 30.8 Å². The number of hydrogen-bond acceptors (Lipinski definition) is 4. The van der Waals surface area contributed by atoms with Gasteiger partial charge in [-0.25, -0.2) is 0 Å². The van der Waals surface area contributed by atoms with E-state index in [2.05, 4.69) is 0 Å². The lowest BCUT2D eigenvalue weighted by molar-refractivity contribution is 0.180. The average molecular weight is 240 g/mol. The van der Waals surface area contributed by atoms with Crippen molar-refractivity contribution in [1.82, 2.24) is 0 Å². The molecule has 1 atom stereocenters. The largest absolute Gasteiger partial charge is 0.493 e. The fourth-order valence-corrected chi connectivity index (χ4v) is 1.81. The van der Waals surface area contributed by atoms with Gasteiger partial charge in [0.15, 0.2) is 11.5 Å². The summed E-state index contributed by atoms with van der Waals surface area (Å²) in [5.41, 5.74) is 1.87. The molecule has 4 nitrogen and oxygen atoms in total. The summed E-state index contributed by atoms with van der Waals surface area (Å²) in [6.45, 7) is 2.48. The van der Waals surface area contributed by atoms with Gasteiger partial charge in [-0.2, -0.15) is 0 Å². The second kappa shape index (κ2) is 6.47. The molecule has 1 aromatic carbocycles. The highest BCUT2D eigenvalue weighted by Gasteiger charge is 2.18. The minimum Gasteiger partial charge on any atom is -0.493 e. The fourth-order valence-electron chi connectivity index (χ4n) is 1.81. The first-order valence-corrected chi connectivity index (χ1v) is 5.53. The van der Waals surface area contributed by atoms with Crippen molar-refractivity contribution in [2.75, 3.05) is 27.9 Å². The van der Waals surface area contributed by atoms with Crippen molar-refractivity contribution in [3.8, 4) is 11.5 Å². The molecule has 0 aliphatic heterocycles. The van der Waals surface area contributed by atoms with Gasteiger partial charge in [-0.1, -0.05) is 19.1 Å². The lowest BCUT2D eigenvalue weighted by Crippen LogP contribution is -2.05. The van der Waals surface area contributed by atoms with E-state index in [1.165, 1.54) is 0 Å². The highest BCUT2D eigenvalue weighted by Crippen LogP contribution is 2.38. The lowest BCUT2D eigenvalue weighted by Gasteiger charge is -2.19. The minimum atomic E-state index is 0.00967. The summed E-state index contributed by atoms with van der Waals surface area (Å²) in [5.74, 6) is 1.35. The number of methoxy groups -OCH3 is 3. The van der Waals surface area contributed by atoms with E-state index >= 15 is 0 Å². The van der Waals surface area contributed by atoms with Crippen molar-refractivity contribution in [3.05, 3.63) is 23.3 Å². The summed E-state index contributed by atoms with van der Waals surface area (Å²) in [6.07, 6.45) is 0. The van der Waals surface area contributed by atoms with Crippen LogP contribution in [0.15, 0.2) is 12.1 Å². The molecule has 4 heteroatoms. The summed E-state index contributed by atoms with van der Waals surface area (Å²) >= 11 is 0. The van der Waals surface area contributed by atoms with Crippen LogP contribution in [0.2, 0.25) is 0 Å². The Morgan fingerprint density at radius 1 is 1.12 bits per heavy atom. The summed E-state index contributed by atoms with van der Waals surface area (Å²) in [6, 6.07) is 3.88. The Labute approximate surface area is 102 Å². The molecule has 0 fully saturated rings. The average Bonchev–Trinajstić information content (AvgIpc) is 2.37. The molecular weight excluding hydrogens is 220 g/mol. The van der Waals surface area contributed by atoms with Gasteiger partial charge in [-0.15, -0.1) is 0 Å². The molecule has 0 radical (unpaired) electrons. The van der Waals surface area contributed by atoms with Crippen LogP contribution in [-0.4, -0.2) is 33.0 Å². The van der Waals surface area contributed by atoms with Crippen molar-refractivity contribution in [1.29, 1.82) is 0 Å². The van der Waals surface area contributed by atoms with Crippen LogP contribution in [-0.2, 0) is 11.3 Å². The molecule has 1 rings (SSSR count). The molecule has 96 valence electrons. The summed E-state index contributed by atoms with van der Waals surface area (Å²) in [5, 5.41) is 9.22. The SMILES string of the molecule is COCc1ccc(C(C)CO)c(OC)c1OC. The normalized spacial score (nSPS) is 12.3. The van der Waals surface area contributed by atoms with Gasteiger partial charge < -0.3 is 19.3 Å². The van der Waals surface area contributed by atoms with E-state index < -0.39 is 0 Å². The molecule has 1 aromatic rings. The topological polar surface area (TPSA) is 47.9 Å². The van der Waals surface area contributed by atoms with E-state index in [0.717, 1.165) is 11.1 Å². The highest BCUT2D eigenvalue weighted by molar-refractivity contribution is 5.53. The van der Waals surface area contributed by atoms with E-state index in [-0.39, 0.29) is 12.5 Å². The second-order valence-electron chi connectivity index (χ2n) is 3.90. The van der Waals surface area contributed by atoms with Crippen molar-refractivity contribution < 1.29 is 19.3 Å². The maximum absolute atomic E-state index is 9.22. The van der Waals surface area contributed by atoms with Crippen molar-refractivity contribution >= 4 is 0 Å². The molecule has 0 aliphatic carbocycles. The second-order valence-corrected chi connectivity index (χ2v) is 3.90. The number of rotatable bonds is 6. The van der Waals surface area contributed by atoms with Crippen LogP contribution in [0.25, 0.3) is 0 Å². The van der Waals surface area contributed by atoms with E-state index in [1.54, 1.807) is 21.3 Å². The lowest BCUT2D eigenvalue weighted by atomic mass is 9.98. The summed E-state index contributed by atoms with van der Waals surface area (Å²) in [4.78, 5) is 0. The zero-order valence-corrected chi connectivity index (χ0v) is 10.8. The van der Waals surface area contributed by atoms with Gasteiger partial charge in [0.25, 0.3) is 0 Å². The van der Waals surface area contributed by atoms with Crippen LogP contribution in [0, 0.1) is 0 Å². The molecule has 1 N–H and O–H groups in total. The molecule has 0 amide bonds. The number of ether oxygens (including phenoxy) is 3. The Bertz CT molecular complexity index is 363. The van der Waals surface area contributed by atoms with E-state index in [9.17, 15) is 5.11 Å². The Hall–Kier alpha value is -1.26. The van der Waals surface area contributed by atoms with Crippen molar-refractivity contribution in [2.45, 2.75) is 19.4 Å². The molecule has 0 aliphatic rings. The predicted molar refractivity (Wildman–Crippen MR) is 65.8 cm³/mol. The third-order valence-electron chi connectivity index (χ3n) is 2.74. The quantitative estimate of drug-likeness (QED) is 0.825. The fraction of sp³-hybridized carbons (Fsp3) is 0.538. The van der Waals surface area contributed by atoms with Crippen LogP contribution in [0.1, 0.15) is 24.0 Å². The highest BCUT2D eigenvalue weighted by atomic mass is 16.5. The van der Waals surface area contributed by atoms with Gasteiger partial charge in [-0.3, -0.25) is 0 Å². The van der Waals surface area contributed by atoms with E-state index in [1.807, 2.05) is 19.1 Å². The molecule has 17 heavy (non-hydrogen) atoms. The zero-order chi connectivity index (χ0) is 12.8. The van der Waals surface area contributed by atoms with Crippen LogP contribution in [0.3, 0.4) is 0 Å². The maximum Gasteiger partial charge on any atom is 0.166 e. The molecule has 0 bridgehead atoms. The Kier molecular flexibility index (Phi) is 5.25. The Balaban J connectivity index is 3.26. The first-order chi connectivity index (χ1) is 8.19. The summed E-state index contributed by atoms with van der Waals surface area (Å²) < 4.78 is 15.9. The van der Waals surface area contributed by atoms with Gasteiger partial charge in [0.1, 0.15) is 0 Å². The third-order valence-corrected chi connectivity index (χ3v) is 2.74. The van der Waals surface area contributed by atoms with Crippen LogP contribution < -0.4 is 9.47 Å². The molecule has 0 saturated heterocycles. The smallest absolute Gasteiger partial charge is 0.166 e. The van der Waals surface area contributed by atoms with Gasteiger partial charge in [0.05, 0.1) is 20.8 Å². The predicted octanol–water partition coefficient (Wildman–Crippen LogP) is 1.95.